The fourth-order valence-corrected chi connectivity index (χ4v) is 6.86. The van der Waals surface area contributed by atoms with E-state index in [0.29, 0.717) is 36.9 Å². The highest BCUT2D eigenvalue weighted by Gasteiger charge is 2.57. The number of hydrogen-bond donors (Lipinski definition) is 3. The van der Waals surface area contributed by atoms with Crippen LogP contribution in [0.4, 0.5) is 29.2 Å². The average Bonchev–Trinajstić information content (AvgIpc) is 3.99. The average molecular weight is 761 g/mol. The van der Waals surface area contributed by atoms with Gasteiger partial charge in [-0.15, -0.1) is 13.2 Å². The van der Waals surface area contributed by atoms with Crippen molar-refractivity contribution in [2.75, 3.05) is 4.90 Å². The van der Waals surface area contributed by atoms with Gasteiger partial charge in [-0.25, -0.2) is 14.3 Å². The van der Waals surface area contributed by atoms with E-state index < -0.39 is 58.2 Å². The monoisotopic (exact) mass is 759 g/mol. The second-order valence-corrected chi connectivity index (χ2v) is 14.0. The Bertz CT molecular complexity index is 2130. The summed E-state index contributed by atoms with van der Waals surface area (Å²) in [4.78, 5) is 63.3. The van der Waals surface area contributed by atoms with Crippen molar-refractivity contribution in [1.82, 2.24) is 25.2 Å². The molecule has 4 aromatic rings. The van der Waals surface area contributed by atoms with Crippen LogP contribution >= 0.6 is 23.2 Å². The minimum Gasteiger partial charge on any atom is -0.406 e. The summed E-state index contributed by atoms with van der Waals surface area (Å²) in [6.45, 7) is 1.51. The van der Waals surface area contributed by atoms with Gasteiger partial charge in [0, 0.05) is 12.6 Å². The molecule has 0 spiro atoms. The van der Waals surface area contributed by atoms with Crippen molar-refractivity contribution in [3.63, 3.8) is 0 Å². The van der Waals surface area contributed by atoms with Crippen LogP contribution in [0.2, 0.25) is 10.0 Å². The van der Waals surface area contributed by atoms with Gasteiger partial charge in [0.2, 0.25) is 17.8 Å². The molecule has 2 fully saturated rings. The molecule has 1 atom stereocenters. The molecular weight excluding hydrogens is 733 g/mol. The Hall–Kier alpha value is -5.22. The number of imidazole rings is 1. The standard InChI is InChI=1S/C34H27Cl2F4N7O5/c1-31(14-17-2-5-20(6-3-17)52-34(38,39)40)29(51)46(19-12-21(35)25(37)22(36)13-19)30-43-16-23(47(30)31)27(49)44-33(10-11-33)28(50)45-32(8-9-32)24-7-4-18(15-42-24)26(41)48/h2-7,12-13,15-16H,8-11,14H2,1H3,(H2,41,48)(H,44,49)(H,45,50)/t31-/m1/s1. The number of primary amides is 1. The first-order valence-electron chi connectivity index (χ1n) is 15.8. The molecule has 18 heteroatoms. The van der Waals surface area contributed by atoms with Crippen molar-refractivity contribution in [2.24, 2.45) is 5.73 Å². The molecule has 2 aromatic heterocycles. The van der Waals surface area contributed by atoms with E-state index in [0.717, 1.165) is 17.0 Å². The number of nitrogens with one attached hydrogen (secondary N) is 2. The Labute approximate surface area is 302 Å². The number of carbonyl (C=O) groups excluding carboxylic acids is 4. The van der Waals surface area contributed by atoms with Gasteiger partial charge in [-0.05, 0) is 74.6 Å². The largest absolute Gasteiger partial charge is 0.573 e. The number of benzene rings is 2. The highest BCUT2D eigenvalue weighted by atomic mass is 35.5. The molecule has 0 radical (unpaired) electrons. The predicted octanol–water partition coefficient (Wildman–Crippen LogP) is 5.43. The number of pyridine rings is 1. The molecule has 3 heterocycles. The Morgan fingerprint density at radius 3 is 2.15 bits per heavy atom. The molecule has 2 saturated carbocycles. The topological polar surface area (TPSA) is 162 Å². The Balaban J connectivity index is 1.19. The molecule has 7 rings (SSSR count). The Morgan fingerprint density at radius 2 is 1.62 bits per heavy atom. The van der Waals surface area contributed by atoms with E-state index >= 15 is 0 Å². The van der Waals surface area contributed by atoms with Gasteiger partial charge in [0.15, 0.2) is 5.82 Å². The molecule has 1 aliphatic heterocycles. The van der Waals surface area contributed by atoms with Gasteiger partial charge in [0.25, 0.3) is 11.8 Å². The van der Waals surface area contributed by atoms with Crippen LogP contribution in [0.5, 0.6) is 5.75 Å². The van der Waals surface area contributed by atoms with E-state index in [9.17, 15) is 36.7 Å². The fraction of sp³-hybridized carbons (Fsp3) is 0.294. The van der Waals surface area contributed by atoms with Crippen molar-refractivity contribution in [2.45, 2.75) is 62.0 Å². The van der Waals surface area contributed by atoms with Crippen LogP contribution in [0, 0.1) is 5.82 Å². The zero-order valence-corrected chi connectivity index (χ0v) is 28.5. The lowest BCUT2D eigenvalue weighted by Crippen LogP contribution is -2.52. The minimum atomic E-state index is -4.91. The summed E-state index contributed by atoms with van der Waals surface area (Å²) >= 11 is 12.1. The Morgan fingerprint density at radius 1 is 0.962 bits per heavy atom. The van der Waals surface area contributed by atoms with Gasteiger partial charge >= 0.3 is 6.36 Å². The molecular formula is C34H27Cl2F4N7O5. The summed E-state index contributed by atoms with van der Waals surface area (Å²) in [6.07, 6.45) is -0.707. The molecule has 0 saturated heterocycles. The van der Waals surface area contributed by atoms with E-state index in [1.165, 1.54) is 54.2 Å². The summed E-state index contributed by atoms with van der Waals surface area (Å²) in [7, 11) is 0. The summed E-state index contributed by atoms with van der Waals surface area (Å²) < 4.78 is 58.1. The molecule has 2 aromatic carbocycles. The van der Waals surface area contributed by atoms with Crippen LogP contribution in [0.25, 0.3) is 0 Å². The third-order valence-electron chi connectivity index (χ3n) is 9.44. The molecule has 4 N–H and O–H groups in total. The van der Waals surface area contributed by atoms with Gasteiger partial charge < -0.3 is 21.1 Å². The first-order chi connectivity index (χ1) is 24.5. The van der Waals surface area contributed by atoms with E-state index in [2.05, 4.69) is 25.3 Å². The van der Waals surface area contributed by atoms with Crippen LogP contribution < -0.4 is 26.0 Å². The smallest absolute Gasteiger partial charge is 0.406 e. The fourth-order valence-electron chi connectivity index (χ4n) is 6.38. The molecule has 270 valence electrons. The van der Waals surface area contributed by atoms with Gasteiger partial charge in [0.1, 0.15) is 22.5 Å². The Kier molecular flexibility index (Phi) is 8.25. The maximum Gasteiger partial charge on any atom is 0.573 e. The molecule has 0 unspecified atom stereocenters. The maximum atomic E-state index is 14.4. The van der Waals surface area contributed by atoms with Crippen molar-refractivity contribution < 1.29 is 41.5 Å². The number of halogens is 6. The van der Waals surface area contributed by atoms with E-state index in [1.807, 2.05) is 0 Å². The lowest BCUT2D eigenvalue weighted by molar-refractivity contribution is -0.274. The number of anilines is 2. The number of rotatable bonds is 10. The van der Waals surface area contributed by atoms with Crippen molar-refractivity contribution >= 4 is 58.5 Å². The van der Waals surface area contributed by atoms with E-state index in [4.69, 9.17) is 28.9 Å². The first-order valence-corrected chi connectivity index (χ1v) is 16.5. The molecule has 3 aliphatic rings. The molecule has 0 bridgehead atoms. The number of carbonyl (C=O) groups is 4. The summed E-state index contributed by atoms with van der Waals surface area (Å²) in [5, 5.41) is 5.06. The van der Waals surface area contributed by atoms with Crippen molar-refractivity contribution in [3.8, 4) is 5.75 Å². The number of nitrogens with two attached hydrogens (primary N) is 1. The lowest BCUT2D eigenvalue weighted by Gasteiger charge is -2.27. The third-order valence-corrected chi connectivity index (χ3v) is 9.99. The molecule has 2 aliphatic carbocycles. The van der Waals surface area contributed by atoms with Crippen LogP contribution in [-0.2, 0) is 27.1 Å². The zero-order valence-electron chi connectivity index (χ0n) is 27.0. The highest BCUT2D eigenvalue weighted by molar-refractivity contribution is 6.35. The third kappa shape index (κ3) is 6.19. The number of fused-ring (bicyclic) bond motifs is 1. The summed E-state index contributed by atoms with van der Waals surface area (Å²) in [6, 6.07) is 10.3. The van der Waals surface area contributed by atoms with Crippen LogP contribution in [0.1, 0.15) is 64.7 Å². The number of alkyl halides is 3. The normalized spacial score (nSPS) is 19.5. The van der Waals surface area contributed by atoms with Crippen LogP contribution in [0.15, 0.2) is 60.9 Å². The minimum absolute atomic E-state index is 0.0445. The predicted molar refractivity (Wildman–Crippen MR) is 178 cm³/mol. The summed E-state index contributed by atoms with van der Waals surface area (Å²) in [5.74, 6) is -3.89. The van der Waals surface area contributed by atoms with E-state index in [-0.39, 0.29) is 39.4 Å². The van der Waals surface area contributed by atoms with Crippen LogP contribution in [0.3, 0.4) is 0 Å². The van der Waals surface area contributed by atoms with Gasteiger partial charge in [0.05, 0.1) is 38.7 Å². The molecule has 52 heavy (non-hydrogen) atoms. The van der Waals surface area contributed by atoms with Gasteiger partial charge in [-0.1, -0.05) is 35.3 Å². The van der Waals surface area contributed by atoms with Crippen molar-refractivity contribution in [3.05, 3.63) is 99.3 Å². The maximum absolute atomic E-state index is 14.4. The molecule has 4 amide bonds. The molecule has 12 nitrogen and oxygen atoms in total. The quantitative estimate of drug-likeness (QED) is 0.144. The number of ether oxygens (including phenoxy) is 1. The van der Waals surface area contributed by atoms with Gasteiger partial charge in [-0.2, -0.15) is 0 Å². The van der Waals surface area contributed by atoms with Gasteiger partial charge in [-0.3, -0.25) is 28.7 Å². The zero-order chi connectivity index (χ0) is 37.4. The number of amides is 4. The van der Waals surface area contributed by atoms with Crippen molar-refractivity contribution in [1.29, 1.82) is 0 Å². The number of nitrogens with zero attached hydrogens (tertiary/aromatic N) is 4. The first kappa shape index (κ1) is 35.2. The number of aromatic nitrogens is 3. The van der Waals surface area contributed by atoms with Crippen LogP contribution in [-0.4, -0.2) is 50.1 Å². The second kappa shape index (κ2) is 12.2. The van der Waals surface area contributed by atoms with E-state index in [1.54, 1.807) is 6.07 Å². The number of hydrogen-bond acceptors (Lipinski definition) is 7. The lowest BCUT2D eigenvalue weighted by atomic mass is 9.91. The second-order valence-electron chi connectivity index (χ2n) is 13.2. The SMILES string of the molecule is C[C@@]1(Cc2ccc(OC(F)(F)F)cc2)C(=O)N(c2cc(Cl)c(F)c(Cl)c2)c2ncc(C(=O)NC3(C(=O)NC4(c5ccc(C(N)=O)cn5)CC4)CC3)n21. The summed E-state index contributed by atoms with van der Waals surface area (Å²) in [5.41, 5.74) is 2.72. The highest BCUT2D eigenvalue weighted by Crippen LogP contribution is 2.48.